The summed E-state index contributed by atoms with van der Waals surface area (Å²) in [6, 6.07) is 5.76. The molecule has 5 rings (SSSR count). The van der Waals surface area contributed by atoms with E-state index < -0.39 is 48.1 Å². The third-order valence-corrected chi connectivity index (χ3v) is 11.8. The van der Waals surface area contributed by atoms with Crippen LogP contribution in [0.1, 0.15) is 95.8 Å². The largest absolute Gasteiger partial charge is 0.364 e. The summed E-state index contributed by atoms with van der Waals surface area (Å²) in [5, 5.41) is 9.12. The van der Waals surface area contributed by atoms with Gasteiger partial charge in [0, 0.05) is 19.2 Å². The van der Waals surface area contributed by atoms with Gasteiger partial charge in [-0.15, -0.1) is 0 Å². The van der Waals surface area contributed by atoms with Crippen molar-refractivity contribution < 1.29 is 28.7 Å². The number of primary amides is 1. The van der Waals surface area contributed by atoms with Gasteiger partial charge in [-0.05, 0) is 54.3 Å². The molecule has 264 valence electrons. The first-order valence-electron chi connectivity index (χ1n) is 17.9. The van der Waals surface area contributed by atoms with Crippen molar-refractivity contribution in [1.82, 2.24) is 20.9 Å². The van der Waals surface area contributed by atoms with Gasteiger partial charge in [0.15, 0.2) is 5.78 Å². The number of amides is 4. The first-order chi connectivity index (χ1) is 22.8. The van der Waals surface area contributed by atoms with Crippen molar-refractivity contribution in [3.63, 3.8) is 0 Å². The zero-order valence-electron chi connectivity index (χ0n) is 29.2. The van der Waals surface area contributed by atoms with Gasteiger partial charge in [0.05, 0.1) is 24.2 Å². The number of hydrogen-bond acceptors (Lipinski definition) is 7. The van der Waals surface area contributed by atoms with Crippen LogP contribution in [0.15, 0.2) is 30.3 Å². The molecule has 4 aliphatic rings. The maximum atomic E-state index is 14.2. The molecule has 0 bridgehead atoms. The van der Waals surface area contributed by atoms with Gasteiger partial charge in [-0.25, -0.2) is 4.79 Å². The Kier molecular flexibility index (Phi) is 11.3. The molecule has 0 aromatic heterocycles. The normalized spacial score (nSPS) is 26.3. The quantitative estimate of drug-likeness (QED) is 0.164. The highest BCUT2D eigenvalue weighted by molar-refractivity contribution is 6.37. The second-order valence-electron chi connectivity index (χ2n) is 15.5. The molecule has 4 amide bonds. The van der Waals surface area contributed by atoms with E-state index in [1.54, 1.807) is 31.4 Å². The van der Waals surface area contributed by atoms with Crippen LogP contribution in [0.3, 0.4) is 0 Å². The fraction of sp³-hybridized carbons (Fsp3) is 0.703. The number of rotatable bonds is 15. The zero-order valence-corrected chi connectivity index (χ0v) is 29.2. The van der Waals surface area contributed by atoms with Crippen LogP contribution < -0.4 is 21.7 Å². The number of ketones is 2. The van der Waals surface area contributed by atoms with Crippen LogP contribution >= 0.6 is 0 Å². The third kappa shape index (κ3) is 7.62. The van der Waals surface area contributed by atoms with E-state index in [2.05, 4.69) is 34.7 Å². The summed E-state index contributed by atoms with van der Waals surface area (Å²) in [6.07, 6.45) is 7.76. The summed E-state index contributed by atoms with van der Waals surface area (Å²) >= 11 is 0. The van der Waals surface area contributed by atoms with Gasteiger partial charge in [0.1, 0.15) is 6.23 Å². The van der Waals surface area contributed by atoms with Crippen molar-refractivity contribution in [3.05, 3.63) is 35.9 Å². The SMILES string of the molecule is COC([C@@H](NC(=O)N[C@H](C(=O)c1ccccc1)C(C)C)C1CCCCC1)N1C[C@H]2[C@@H]([C@H]1C(=O)NC(CC1CCC1)C(=O)C(N)=O)C2(C)C. The number of carbonyl (C=O) groups is 5. The molecule has 1 aliphatic heterocycles. The van der Waals surface area contributed by atoms with Crippen molar-refractivity contribution >= 4 is 29.4 Å². The van der Waals surface area contributed by atoms with E-state index in [4.69, 9.17) is 10.5 Å². The van der Waals surface area contributed by atoms with Gasteiger partial charge in [-0.2, -0.15) is 0 Å². The zero-order chi connectivity index (χ0) is 34.7. The van der Waals surface area contributed by atoms with E-state index in [0.29, 0.717) is 18.5 Å². The van der Waals surface area contributed by atoms with E-state index in [0.717, 1.165) is 51.4 Å². The summed E-state index contributed by atoms with van der Waals surface area (Å²) in [4.78, 5) is 68.3. The molecule has 0 radical (unpaired) electrons. The van der Waals surface area contributed by atoms with Gasteiger partial charge < -0.3 is 26.4 Å². The Morgan fingerprint density at radius 1 is 0.938 bits per heavy atom. The molecule has 48 heavy (non-hydrogen) atoms. The van der Waals surface area contributed by atoms with Crippen LogP contribution in [-0.4, -0.2) is 78.4 Å². The minimum absolute atomic E-state index is 0.0258. The van der Waals surface area contributed by atoms with Crippen LogP contribution in [0.2, 0.25) is 0 Å². The highest BCUT2D eigenvalue weighted by atomic mass is 16.5. The van der Waals surface area contributed by atoms with Gasteiger partial charge in [-0.3, -0.25) is 24.1 Å². The second kappa shape index (κ2) is 15.1. The number of likely N-dealkylation sites (tertiary alicyclic amines) is 1. The number of piperidine rings is 1. The molecule has 5 N–H and O–H groups in total. The summed E-state index contributed by atoms with van der Waals surface area (Å²) in [5.41, 5.74) is 5.87. The molecule has 2 unspecified atom stereocenters. The average Bonchev–Trinajstić information content (AvgIpc) is 3.35. The van der Waals surface area contributed by atoms with Crippen molar-refractivity contribution in [1.29, 1.82) is 0 Å². The standard InChI is InChI=1S/C37H55N5O6/c1-21(2)28(31(43)24-17-10-7-11-18-24)40-36(47)41-29(23-15-8-6-9-16-23)35(48-5)42-20-25-27(37(25,3)4)30(42)34(46)39-26(32(44)33(38)45)19-22-13-12-14-22/h7,10-11,17-18,21-23,25-30,35H,6,8-9,12-16,19-20H2,1-5H3,(H2,38,45)(H,39,46)(H2,40,41,47)/t25-,26?,27-,28-,29-,30-,35?/m0/s1. The van der Waals surface area contributed by atoms with Crippen LogP contribution in [0.25, 0.3) is 0 Å². The predicted octanol–water partition coefficient (Wildman–Crippen LogP) is 3.80. The van der Waals surface area contributed by atoms with Gasteiger partial charge in [-0.1, -0.05) is 96.6 Å². The topological polar surface area (TPSA) is 160 Å². The molecule has 4 fully saturated rings. The monoisotopic (exact) mass is 665 g/mol. The number of fused-ring (bicyclic) bond motifs is 1. The van der Waals surface area contributed by atoms with E-state index in [1.165, 1.54) is 0 Å². The number of ether oxygens (including phenoxy) is 1. The van der Waals surface area contributed by atoms with Crippen LogP contribution in [-0.2, 0) is 19.1 Å². The Hall–Kier alpha value is -3.31. The Labute approximate surface area is 284 Å². The highest BCUT2D eigenvalue weighted by Gasteiger charge is 2.70. The number of nitrogens with one attached hydrogen (secondary N) is 3. The predicted molar refractivity (Wildman–Crippen MR) is 182 cm³/mol. The smallest absolute Gasteiger partial charge is 0.315 e. The molecule has 1 saturated heterocycles. The lowest BCUT2D eigenvalue weighted by Crippen LogP contribution is -2.63. The number of benzene rings is 1. The van der Waals surface area contributed by atoms with E-state index >= 15 is 0 Å². The fourth-order valence-corrected chi connectivity index (χ4v) is 8.66. The number of methoxy groups -OCH3 is 1. The van der Waals surface area contributed by atoms with Crippen molar-refractivity contribution in [2.75, 3.05) is 13.7 Å². The molecule has 1 aromatic carbocycles. The number of Topliss-reactive ketones (excluding diaryl/α,β-unsaturated/α-hetero) is 2. The van der Waals surface area contributed by atoms with E-state index in [-0.39, 0.29) is 46.7 Å². The maximum Gasteiger partial charge on any atom is 0.315 e. The Morgan fingerprint density at radius 3 is 2.17 bits per heavy atom. The van der Waals surface area contributed by atoms with Crippen molar-refractivity contribution in [3.8, 4) is 0 Å². The van der Waals surface area contributed by atoms with Gasteiger partial charge in [0.2, 0.25) is 11.7 Å². The van der Waals surface area contributed by atoms with Gasteiger partial charge in [0.25, 0.3) is 5.91 Å². The van der Waals surface area contributed by atoms with E-state index in [9.17, 15) is 24.0 Å². The van der Waals surface area contributed by atoms with Crippen molar-refractivity contribution in [2.45, 2.75) is 116 Å². The van der Waals surface area contributed by atoms with Crippen molar-refractivity contribution in [2.24, 2.45) is 40.7 Å². The molecular formula is C37H55N5O6. The molecule has 1 heterocycles. The number of nitrogens with zero attached hydrogens (tertiary/aromatic N) is 1. The van der Waals surface area contributed by atoms with Crippen LogP contribution in [0, 0.1) is 35.0 Å². The molecule has 3 saturated carbocycles. The van der Waals surface area contributed by atoms with Crippen LogP contribution in [0.4, 0.5) is 4.79 Å². The first kappa shape index (κ1) is 36.0. The number of urea groups is 1. The lowest BCUT2D eigenvalue weighted by atomic mass is 9.80. The molecule has 7 atom stereocenters. The summed E-state index contributed by atoms with van der Waals surface area (Å²) < 4.78 is 6.21. The molecule has 11 heteroatoms. The second-order valence-corrected chi connectivity index (χ2v) is 15.5. The molecule has 3 aliphatic carbocycles. The number of hydrogen-bond donors (Lipinski definition) is 4. The molecular weight excluding hydrogens is 610 g/mol. The Bertz CT molecular complexity index is 1340. The molecule has 1 aromatic rings. The van der Waals surface area contributed by atoms with E-state index in [1.807, 2.05) is 19.9 Å². The summed E-state index contributed by atoms with van der Waals surface area (Å²) in [6.45, 7) is 8.72. The molecule has 0 spiro atoms. The lowest BCUT2D eigenvalue weighted by molar-refractivity contribution is -0.142. The van der Waals surface area contributed by atoms with Gasteiger partial charge >= 0.3 is 6.03 Å². The summed E-state index contributed by atoms with van der Waals surface area (Å²) in [5.74, 6) is -1.78. The third-order valence-electron chi connectivity index (χ3n) is 11.8. The first-order valence-corrected chi connectivity index (χ1v) is 17.9. The highest BCUT2D eigenvalue weighted by Crippen LogP contribution is 2.65. The fourth-order valence-electron chi connectivity index (χ4n) is 8.66. The minimum Gasteiger partial charge on any atom is -0.364 e. The number of nitrogens with two attached hydrogens (primary N) is 1. The summed E-state index contributed by atoms with van der Waals surface area (Å²) in [7, 11) is 1.61. The maximum absolute atomic E-state index is 14.2. The Balaban J connectivity index is 1.38. The van der Waals surface area contributed by atoms with Crippen LogP contribution in [0.5, 0.6) is 0 Å². The molecule has 11 nitrogen and oxygen atoms in total. The average molecular weight is 666 g/mol. The lowest BCUT2D eigenvalue weighted by Gasteiger charge is -2.43. The number of carbonyl (C=O) groups excluding carboxylic acids is 5. The Morgan fingerprint density at radius 2 is 1.60 bits per heavy atom. The minimum atomic E-state index is -1.04.